The average Bonchev–Trinajstić information content (AvgIpc) is 2.64. The third-order valence-corrected chi connectivity index (χ3v) is 1.71. The van der Waals surface area contributed by atoms with Crippen LogP contribution in [-0.2, 0) is 6.18 Å². The summed E-state index contributed by atoms with van der Waals surface area (Å²) in [5, 5.41) is 15.3. The molecule has 9 heteroatoms. The number of nitrogens with one attached hydrogen (secondary N) is 2. The van der Waals surface area contributed by atoms with E-state index in [0.717, 1.165) is 0 Å². The number of amides is 1. The first kappa shape index (κ1) is 12.8. The van der Waals surface area contributed by atoms with Crippen molar-refractivity contribution in [3.05, 3.63) is 11.6 Å². The average molecular weight is 248 g/mol. The van der Waals surface area contributed by atoms with Crippen molar-refractivity contribution in [1.82, 2.24) is 20.5 Å². The fourth-order valence-corrected chi connectivity index (χ4v) is 1.04. The van der Waals surface area contributed by atoms with Gasteiger partial charge in [-0.15, -0.1) is 17.4 Å². The largest absolute Gasteiger partial charge is 0.465 e. The Morgan fingerprint density at radius 1 is 1.65 bits per heavy atom. The number of alkyl halides is 3. The third-order valence-electron chi connectivity index (χ3n) is 1.71. The third kappa shape index (κ3) is 3.37. The predicted octanol–water partition coefficient (Wildman–Crippen LogP) is 1.16. The van der Waals surface area contributed by atoms with Crippen LogP contribution in [-0.4, -0.2) is 26.4 Å². The van der Waals surface area contributed by atoms with E-state index in [9.17, 15) is 18.0 Å². The van der Waals surface area contributed by atoms with Crippen LogP contribution in [0, 0.1) is 12.3 Å². The molecule has 1 rings (SSSR count). The summed E-state index contributed by atoms with van der Waals surface area (Å²) in [5.41, 5.74) is 0. The minimum Gasteiger partial charge on any atom is -0.465 e. The molecule has 0 radical (unpaired) electrons. The van der Waals surface area contributed by atoms with Crippen LogP contribution in [0.5, 0.6) is 0 Å². The molecule has 1 heterocycles. The van der Waals surface area contributed by atoms with Crippen molar-refractivity contribution in [2.75, 3.05) is 0 Å². The number of terminal acetylenes is 1. The van der Waals surface area contributed by atoms with Crippen molar-refractivity contribution in [1.29, 1.82) is 0 Å². The van der Waals surface area contributed by atoms with Gasteiger partial charge in [0.05, 0.1) is 0 Å². The molecule has 0 fully saturated rings. The van der Waals surface area contributed by atoms with E-state index < -0.39 is 24.1 Å². The van der Waals surface area contributed by atoms with Crippen LogP contribution < -0.4 is 5.32 Å². The summed E-state index contributed by atoms with van der Waals surface area (Å²) in [6, 6.07) is -1.05. The lowest BCUT2D eigenvalue weighted by Gasteiger charge is -2.10. The minimum atomic E-state index is -4.70. The van der Waals surface area contributed by atoms with E-state index in [1.807, 2.05) is 10.4 Å². The molecular formula is C8H7F3N4O2. The second-order valence-electron chi connectivity index (χ2n) is 2.95. The molecule has 17 heavy (non-hydrogen) atoms. The normalized spacial score (nSPS) is 12.8. The molecule has 1 amide bonds. The smallest absolute Gasteiger partial charge is 0.453 e. The van der Waals surface area contributed by atoms with Gasteiger partial charge in [-0.25, -0.2) is 9.78 Å². The van der Waals surface area contributed by atoms with Crippen LogP contribution >= 0.6 is 0 Å². The number of nitrogens with zero attached hydrogens (tertiary/aromatic N) is 2. The fraction of sp³-hybridized carbons (Fsp3) is 0.375. The van der Waals surface area contributed by atoms with Gasteiger partial charge < -0.3 is 10.4 Å². The van der Waals surface area contributed by atoms with Gasteiger partial charge in [-0.1, -0.05) is 0 Å². The van der Waals surface area contributed by atoms with E-state index >= 15 is 0 Å². The first-order valence-corrected chi connectivity index (χ1v) is 4.27. The molecule has 6 nitrogen and oxygen atoms in total. The Hall–Kier alpha value is -2.24. The van der Waals surface area contributed by atoms with Crippen LogP contribution in [0.1, 0.15) is 24.1 Å². The minimum absolute atomic E-state index is 0.140. The van der Waals surface area contributed by atoms with E-state index in [1.54, 1.807) is 0 Å². The number of rotatable bonds is 3. The Morgan fingerprint density at radius 2 is 2.29 bits per heavy atom. The second kappa shape index (κ2) is 4.73. The lowest BCUT2D eigenvalue weighted by Crippen LogP contribution is -2.27. The summed E-state index contributed by atoms with van der Waals surface area (Å²) in [5.74, 6) is 0.471. The molecule has 0 aliphatic carbocycles. The number of H-pyrrole nitrogens is 1. The Labute approximate surface area is 93.2 Å². The first-order chi connectivity index (χ1) is 7.84. The van der Waals surface area contributed by atoms with Gasteiger partial charge in [0.2, 0.25) is 0 Å². The molecule has 1 aromatic rings. The Balaban J connectivity index is 2.92. The van der Waals surface area contributed by atoms with Crippen molar-refractivity contribution < 1.29 is 23.1 Å². The predicted molar refractivity (Wildman–Crippen MR) is 48.7 cm³/mol. The van der Waals surface area contributed by atoms with Crippen molar-refractivity contribution in [3.63, 3.8) is 0 Å². The number of aromatic amines is 1. The van der Waals surface area contributed by atoms with Gasteiger partial charge in [-0.2, -0.15) is 13.2 Å². The molecule has 0 saturated heterocycles. The SMILES string of the molecule is C#CCC(NC(=O)O)c1nc(C(F)(F)F)n[nH]1. The summed E-state index contributed by atoms with van der Waals surface area (Å²) in [7, 11) is 0. The molecule has 1 unspecified atom stereocenters. The molecule has 0 aliphatic rings. The maximum absolute atomic E-state index is 12.2. The topological polar surface area (TPSA) is 90.9 Å². The molecule has 3 N–H and O–H groups in total. The van der Waals surface area contributed by atoms with E-state index in [4.69, 9.17) is 11.5 Å². The molecule has 92 valence electrons. The standard InChI is InChI=1S/C8H7F3N4O2/c1-2-3-4(12-7(16)17)5-13-6(15-14-5)8(9,10)11/h1,4,12H,3H2,(H,16,17)(H,13,14,15). The van der Waals surface area contributed by atoms with Crippen LogP contribution in [0.2, 0.25) is 0 Å². The zero-order chi connectivity index (χ0) is 13.1. The lowest BCUT2D eigenvalue weighted by atomic mass is 10.2. The lowest BCUT2D eigenvalue weighted by molar-refractivity contribution is -0.144. The summed E-state index contributed by atoms with van der Waals surface area (Å²) >= 11 is 0. The number of carbonyl (C=O) groups is 1. The molecule has 0 aromatic carbocycles. The zero-order valence-corrected chi connectivity index (χ0v) is 8.25. The molecule has 0 bridgehead atoms. The number of halogens is 3. The van der Waals surface area contributed by atoms with Crippen molar-refractivity contribution in [3.8, 4) is 12.3 Å². The Morgan fingerprint density at radius 3 is 2.71 bits per heavy atom. The fourth-order valence-electron chi connectivity index (χ4n) is 1.04. The molecular weight excluding hydrogens is 241 g/mol. The highest BCUT2D eigenvalue weighted by Crippen LogP contribution is 2.26. The van der Waals surface area contributed by atoms with Crippen LogP contribution in [0.25, 0.3) is 0 Å². The number of carboxylic acid groups (broad SMARTS) is 1. The molecule has 1 aromatic heterocycles. The first-order valence-electron chi connectivity index (χ1n) is 4.27. The zero-order valence-electron chi connectivity index (χ0n) is 8.25. The maximum Gasteiger partial charge on any atom is 0.453 e. The molecule has 0 aliphatic heterocycles. The maximum atomic E-state index is 12.2. The Kier molecular flexibility index (Phi) is 3.57. The number of hydrogen-bond donors (Lipinski definition) is 3. The molecule has 1 atom stereocenters. The van der Waals surface area contributed by atoms with Crippen LogP contribution in [0.4, 0.5) is 18.0 Å². The number of hydrogen-bond acceptors (Lipinski definition) is 3. The summed E-state index contributed by atoms with van der Waals surface area (Å²) in [6.07, 6.45) is -1.29. The van der Waals surface area contributed by atoms with Gasteiger partial charge in [-0.3, -0.25) is 5.10 Å². The number of aromatic nitrogens is 3. The monoisotopic (exact) mass is 248 g/mol. The van der Waals surface area contributed by atoms with Gasteiger partial charge in [0.1, 0.15) is 11.9 Å². The Bertz CT molecular complexity index is 448. The van der Waals surface area contributed by atoms with Gasteiger partial charge in [0, 0.05) is 6.42 Å². The molecule has 0 spiro atoms. The highest BCUT2D eigenvalue weighted by molar-refractivity contribution is 5.65. The summed E-state index contributed by atoms with van der Waals surface area (Å²) in [6.45, 7) is 0. The van der Waals surface area contributed by atoms with Gasteiger partial charge in [0.15, 0.2) is 0 Å². The summed E-state index contributed by atoms with van der Waals surface area (Å²) in [4.78, 5) is 13.5. The summed E-state index contributed by atoms with van der Waals surface area (Å²) < 4.78 is 36.6. The van der Waals surface area contributed by atoms with Gasteiger partial charge in [-0.05, 0) is 0 Å². The van der Waals surface area contributed by atoms with Gasteiger partial charge in [0.25, 0.3) is 5.82 Å². The second-order valence-corrected chi connectivity index (χ2v) is 2.95. The highest BCUT2D eigenvalue weighted by Gasteiger charge is 2.36. The van der Waals surface area contributed by atoms with Crippen molar-refractivity contribution in [2.24, 2.45) is 0 Å². The van der Waals surface area contributed by atoms with Gasteiger partial charge >= 0.3 is 12.3 Å². The molecule has 0 saturated carbocycles. The van der Waals surface area contributed by atoms with E-state index in [2.05, 4.69) is 16.0 Å². The van der Waals surface area contributed by atoms with Crippen LogP contribution in [0.3, 0.4) is 0 Å². The van der Waals surface area contributed by atoms with E-state index in [-0.39, 0.29) is 12.2 Å². The van der Waals surface area contributed by atoms with E-state index in [1.165, 1.54) is 0 Å². The quantitative estimate of drug-likeness (QED) is 0.700. The highest BCUT2D eigenvalue weighted by atomic mass is 19.4. The van der Waals surface area contributed by atoms with E-state index in [0.29, 0.717) is 0 Å². The van der Waals surface area contributed by atoms with Crippen LogP contribution in [0.15, 0.2) is 0 Å². The van der Waals surface area contributed by atoms with Crippen molar-refractivity contribution >= 4 is 6.09 Å². The van der Waals surface area contributed by atoms with Crippen molar-refractivity contribution in [2.45, 2.75) is 18.6 Å².